The molecule has 0 bridgehead atoms. The standard InChI is InChI=1S/C16H28N2O3/c1-12(13-7-4-3-5-8-13)17-15(21)18-10-6-9-16(2,11-18)14(19)20/h12-13H,3-11H2,1-2H3,(H,17,21)(H,19,20). The summed E-state index contributed by atoms with van der Waals surface area (Å²) >= 11 is 0. The van der Waals surface area contributed by atoms with Crippen LogP contribution in [-0.2, 0) is 4.79 Å². The largest absolute Gasteiger partial charge is 0.481 e. The van der Waals surface area contributed by atoms with Crippen molar-refractivity contribution in [3.05, 3.63) is 0 Å². The number of carbonyl (C=O) groups excluding carboxylic acids is 1. The molecule has 2 aliphatic rings. The molecule has 0 spiro atoms. The molecular formula is C16H28N2O3. The lowest BCUT2D eigenvalue weighted by Gasteiger charge is -2.38. The number of nitrogens with zero attached hydrogens (tertiary/aromatic N) is 1. The summed E-state index contributed by atoms with van der Waals surface area (Å²) in [4.78, 5) is 25.4. The molecule has 1 saturated heterocycles. The number of likely N-dealkylation sites (tertiary alicyclic amines) is 1. The van der Waals surface area contributed by atoms with Gasteiger partial charge in [-0.1, -0.05) is 19.3 Å². The van der Waals surface area contributed by atoms with Gasteiger partial charge >= 0.3 is 12.0 Å². The van der Waals surface area contributed by atoms with E-state index in [4.69, 9.17) is 0 Å². The van der Waals surface area contributed by atoms with Crippen LogP contribution in [0.1, 0.15) is 58.8 Å². The van der Waals surface area contributed by atoms with Crippen LogP contribution in [0, 0.1) is 11.3 Å². The molecule has 2 unspecified atom stereocenters. The van der Waals surface area contributed by atoms with Gasteiger partial charge in [0, 0.05) is 19.1 Å². The zero-order chi connectivity index (χ0) is 15.5. The second-order valence-corrected chi connectivity index (χ2v) is 7.03. The maximum atomic E-state index is 12.4. The molecule has 2 amide bonds. The summed E-state index contributed by atoms with van der Waals surface area (Å²) in [7, 11) is 0. The van der Waals surface area contributed by atoms with E-state index < -0.39 is 11.4 Å². The SMILES string of the molecule is CC(NC(=O)N1CCCC(C)(C(=O)O)C1)C1CCCCC1. The average Bonchev–Trinajstić information content (AvgIpc) is 2.48. The molecule has 120 valence electrons. The molecular weight excluding hydrogens is 268 g/mol. The second-order valence-electron chi connectivity index (χ2n) is 7.03. The van der Waals surface area contributed by atoms with E-state index in [1.807, 2.05) is 0 Å². The number of aliphatic carboxylic acids is 1. The highest BCUT2D eigenvalue weighted by Crippen LogP contribution is 2.30. The van der Waals surface area contributed by atoms with E-state index in [1.54, 1.807) is 11.8 Å². The second kappa shape index (κ2) is 6.67. The minimum Gasteiger partial charge on any atom is -0.481 e. The Morgan fingerprint density at radius 3 is 2.52 bits per heavy atom. The maximum Gasteiger partial charge on any atom is 0.317 e. The number of carboxylic acid groups (broad SMARTS) is 1. The normalized spacial score (nSPS) is 29.0. The number of carboxylic acids is 1. The number of hydrogen-bond acceptors (Lipinski definition) is 2. The third-order valence-electron chi connectivity index (χ3n) is 5.21. The minimum atomic E-state index is -0.805. The first-order chi connectivity index (χ1) is 9.92. The Labute approximate surface area is 127 Å². The topological polar surface area (TPSA) is 69.6 Å². The van der Waals surface area contributed by atoms with E-state index >= 15 is 0 Å². The molecule has 2 N–H and O–H groups in total. The number of rotatable bonds is 3. The Morgan fingerprint density at radius 1 is 1.24 bits per heavy atom. The van der Waals surface area contributed by atoms with Gasteiger partial charge in [-0.3, -0.25) is 4.79 Å². The van der Waals surface area contributed by atoms with E-state index in [1.165, 1.54) is 32.1 Å². The van der Waals surface area contributed by atoms with Crippen molar-refractivity contribution in [2.75, 3.05) is 13.1 Å². The van der Waals surface area contributed by atoms with Gasteiger partial charge in [0.2, 0.25) is 0 Å². The third-order valence-corrected chi connectivity index (χ3v) is 5.21. The van der Waals surface area contributed by atoms with Crippen LogP contribution < -0.4 is 5.32 Å². The summed E-state index contributed by atoms with van der Waals surface area (Å²) in [6.45, 7) is 4.78. The Hall–Kier alpha value is -1.26. The van der Waals surface area contributed by atoms with Crippen LogP contribution in [-0.4, -0.2) is 41.1 Å². The monoisotopic (exact) mass is 296 g/mol. The summed E-state index contributed by atoms with van der Waals surface area (Å²) in [6.07, 6.45) is 7.60. The average molecular weight is 296 g/mol. The van der Waals surface area contributed by atoms with Crippen molar-refractivity contribution >= 4 is 12.0 Å². The van der Waals surface area contributed by atoms with Gasteiger partial charge in [0.15, 0.2) is 0 Å². The first-order valence-corrected chi connectivity index (χ1v) is 8.21. The van der Waals surface area contributed by atoms with Crippen molar-refractivity contribution < 1.29 is 14.7 Å². The predicted octanol–water partition coefficient (Wildman–Crippen LogP) is 2.85. The molecule has 1 aliphatic carbocycles. The molecule has 0 aromatic rings. The van der Waals surface area contributed by atoms with Gasteiger partial charge < -0.3 is 15.3 Å². The lowest BCUT2D eigenvalue weighted by Crippen LogP contribution is -2.53. The number of amides is 2. The molecule has 0 radical (unpaired) electrons. The van der Waals surface area contributed by atoms with Crippen LogP contribution in [0.4, 0.5) is 4.79 Å². The number of nitrogens with one attached hydrogen (secondary N) is 1. The Bertz CT molecular complexity index is 393. The highest BCUT2D eigenvalue weighted by molar-refractivity contribution is 5.78. The van der Waals surface area contributed by atoms with E-state index in [-0.39, 0.29) is 12.1 Å². The van der Waals surface area contributed by atoms with E-state index in [9.17, 15) is 14.7 Å². The van der Waals surface area contributed by atoms with Gasteiger partial charge in [0.1, 0.15) is 0 Å². The van der Waals surface area contributed by atoms with Gasteiger partial charge in [-0.15, -0.1) is 0 Å². The molecule has 21 heavy (non-hydrogen) atoms. The quantitative estimate of drug-likeness (QED) is 0.841. The van der Waals surface area contributed by atoms with Gasteiger partial charge in [-0.25, -0.2) is 4.79 Å². The molecule has 1 saturated carbocycles. The molecule has 2 atom stereocenters. The molecule has 0 aromatic heterocycles. The smallest absolute Gasteiger partial charge is 0.317 e. The third kappa shape index (κ3) is 3.89. The van der Waals surface area contributed by atoms with Crippen LogP contribution in [0.3, 0.4) is 0 Å². The first kappa shape index (κ1) is 16.1. The Kier molecular flexibility index (Phi) is 5.12. The van der Waals surface area contributed by atoms with Gasteiger partial charge in [0.25, 0.3) is 0 Å². The highest BCUT2D eigenvalue weighted by Gasteiger charge is 2.39. The summed E-state index contributed by atoms with van der Waals surface area (Å²) in [5.74, 6) is -0.237. The van der Waals surface area contributed by atoms with Crippen LogP contribution in [0.5, 0.6) is 0 Å². The minimum absolute atomic E-state index is 0.0970. The molecule has 2 fully saturated rings. The van der Waals surface area contributed by atoms with Crippen molar-refractivity contribution in [1.29, 1.82) is 0 Å². The van der Waals surface area contributed by atoms with E-state index in [0.717, 1.165) is 6.42 Å². The van der Waals surface area contributed by atoms with Crippen LogP contribution in [0.2, 0.25) is 0 Å². The molecule has 2 rings (SSSR count). The van der Waals surface area contributed by atoms with Crippen LogP contribution in [0.25, 0.3) is 0 Å². The van der Waals surface area contributed by atoms with Crippen molar-refractivity contribution in [1.82, 2.24) is 10.2 Å². The summed E-state index contributed by atoms with van der Waals surface area (Å²) in [5.41, 5.74) is -0.802. The lowest BCUT2D eigenvalue weighted by molar-refractivity contribution is -0.150. The molecule has 0 aromatic carbocycles. The molecule has 5 heteroatoms. The highest BCUT2D eigenvalue weighted by atomic mass is 16.4. The van der Waals surface area contributed by atoms with Gasteiger partial charge in [-0.05, 0) is 45.4 Å². The molecule has 1 heterocycles. The van der Waals surface area contributed by atoms with Crippen LogP contribution >= 0.6 is 0 Å². The first-order valence-electron chi connectivity index (χ1n) is 8.21. The summed E-state index contributed by atoms with van der Waals surface area (Å²) < 4.78 is 0. The Morgan fingerprint density at radius 2 is 1.90 bits per heavy atom. The fourth-order valence-corrected chi connectivity index (χ4v) is 3.63. The van der Waals surface area contributed by atoms with Crippen molar-refractivity contribution in [3.8, 4) is 0 Å². The summed E-state index contributed by atoms with van der Waals surface area (Å²) in [5, 5.41) is 12.4. The van der Waals surface area contributed by atoms with Crippen molar-refractivity contribution in [2.24, 2.45) is 11.3 Å². The van der Waals surface area contributed by atoms with Crippen molar-refractivity contribution in [2.45, 2.75) is 64.8 Å². The van der Waals surface area contributed by atoms with E-state index in [0.29, 0.717) is 25.4 Å². The number of urea groups is 1. The fraction of sp³-hybridized carbons (Fsp3) is 0.875. The van der Waals surface area contributed by atoms with Crippen molar-refractivity contribution in [3.63, 3.8) is 0 Å². The fourth-order valence-electron chi connectivity index (χ4n) is 3.63. The van der Waals surface area contributed by atoms with Crippen LogP contribution in [0.15, 0.2) is 0 Å². The molecule has 1 aliphatic heterocycles. The zero-order valence-corrected chi connectivity index (χ0v) is 13.2. The van der Waals surface area contributed by atoms with E-state index in [2.05, 4.69) is 12.2 Å². The van der Waals surface area contributed by atoms with Gasteiger partial charge in [0.05, 0.1) is 5.41 Å². The van der Waals surface area contributed by atoms with Gasteiger partial charge in [-0.2, -0.15) is 0 Å². The maximum absolute atomic E-state index is 12.4. The number of piperidine rings is 1. The summed E-state index contributed by atoms with van der Waals surface area (Å²) in [6, 6.07) is 0.0797. The molecule has 5 nitrogen and oxygen atoms in total. The number of carbonyl (C=O) groups is 2. The lowest BCUT2D eigenvalue weighted by atomic mass is 9.82. The zero-order valence-electron chi connectivity index (χ0n) is 13.2. The Balaban J connectivity index is 1.88. The number of hydrogen-bond donors (Lipinski definition) is 2. The predicted molar refractivity (Wildman–Crippen MR) is 81.1 cm³/mol.